The summed E-state index contributed by atoms with van der Waals surface area (Å²) in [6.45, 7) is 5.29. The van der Waals surface area contributed by atoms with Gasteiger partial charge in [-0.05, 0) is 79.2 Å². The largest absolute Gasteiger partial charge is 0.508 e. The lowest BCUT2D eigenvalue weighted by molar-refractivity contribution is 0.0535. The summed E-state index contributed by atoms with van der Waals surface area (Å²) in [4.78, 5) is 38.4. The number of ether oxygens (including phenoxy) is 1. The van der Waals surface area contributed by atoms with Crippen molar-refractivity contribution in [1.82, 2.24) is 19.3 Å². The predicted octanol–water partition coefficient (Wildman–Crippen LogP) is 7.98. The number of hydrogen-bond donors (Lipinski definition) is 1. The fourth-order valence-electron chi connectivity index (χ4n) is 7.72. The lowest BCUT2D eigenvalue weighted by Gasteiger charge is -2.41. The number of carbonyl (C=O) groups is 2. The van der Waals surface area contributed by atoms with Gasteiger partial charge in [-0.1, -0.05) is 60.7 Å². The van der Waals surface area contributed by atoms with Crippen molar-refractivity contribution in [3.05, 3.63) is 150 Å². The Balaban J connectivity index is 0.00000257. The van der Waals surface area contributed by atoms with Crippen molar-refractivity contribution >= 4 is 58.9 Å². The molecule has 1 aromatic heterocycles. The summed E-state index contributed by atoms with van der Waals surface area (Å²) in [6, 6.07) is 37.9. The summed E-state index contributed by atoms with van der Waals surface area (Å²) in [7, 11) is 3.78. The number of aromatic hydroxyl groups is 1. The number of nitrogens with zero attached hydrogens (tertiary/aromatic N) is 5. The summed E-state index contributed by atoms with van der Waals surface area (Å²) < 4.78 is 7.67. The van der Waals surface area contributed by atoms with Crippen LogP contribution in [0.5, 0.6) is 11.5 Å². The minimum atomic E-state index is -0.243. The van der Waals surface area contributed by atoms with E-state index in [1.54, 1.807) is 36.3 Å². The van der Waals surface area contributed by atoms with Gasteiger partial charge in [-0.25, -0.2) is 0 Å². The maximum absolute atomic E-state index is 15.0. The molecule has 2 aliphatic rings. The van der Waals surface area contributed by atoms with Gasteiger partial charge in [0.15, 0.2) is 0 Å². The molecule has 0 unspecified atom stereocenters. The zero-order chi connectivity index (χ0) is 36.5. The first-order valence-electron chi connectivity index (χ1n) is 18.1. The molecule has 284 valence electrons. The molecule has 1 N–H and O–H groups in total. The zero-order valence-corrected chi connectivity index (χ0v) is 32.5. The second-order valence-corrected chi connectivity index (χ2v) is 14.0. The van der Waals surface area contributed by atoms with Gasteiger partial charge < -0.3 is 24.2 Å². The van der Waals surface area contributed by atoms with Gasteiger partial charge in [0.1, 0.15) is 11.5 Å². The molecule has 1 saturated heterocycles. The Morgan fingerprint density at radius 3 is 2.15 bits per heavy atom. The van der Waals surface area contributed by atoms with Crippen molar-refractivity contribution in [1.29, 1.82) is 0 Å². The van der Waals surface area contributed by atoms with Crippen LogP contribution in [0.2, 0.25) is 0 Å². The molecular weight excluding hydrogens is 733 g/mol. The SMILES string of the molecule is COc1ccc(C(=O)N2Cc3ccccc3C[C@H]2CN2CCN(C)CC2)c(-n2cc(C(=O)N(c3ccccc3)c3ccc(O)cc3)c3ccccc32)c1.Cl.Cl. The topological polar surface area (TPSA) is 81.5 Å². The third kappa shape index (κ3) is 7.93. The lowest BCUT2D eigenvalue weighted by atomic mass is 9.92. The maximum Gasteiger partial charge on any atom is 0.265 e. The number of aromatic nitrogens is 1. The number of phenols is 1. The number of halogens is 2. The first kappa shape index (κ1) is 39.4. The Bertz CT molecular complexity index is 2270. The van der Waals surface area contributed by atoms with E-state index in [4.69, 9.17) is 4.74 Å². The number of methoxy groups -OCH3 is 1. The van der Waals surface area contributed by atoms with Crippen LogP contribution in [0.3, 0.4) is 0 Å². The molecule has 1 fully saturated rings. The van der Waals surface area contributed by atoms with Crippen LogP contribution in [-0.2, 0) is 13.0 Å². The molecule has 9 nitrogen and oxygen atoms in total. The molecule has 3 heterocycles. The van der Waals surface area contributed by atoms with Crippen molar-refractivity contribution in [2.75, 3.05) is 51.8 Å². The zero-order valence-electron chi connectivity index (χ0n) is 30.9. The Morgan fingerprint density at radius 1 is 0.764 bits per heavy atom. The number of amides is 2. The average molecular weight is 779 g/mol. The van der Waals surface area contributed by atoms with E-state index in [1.165, 1.54) is 11.1 Å². The van der Waals surface area contributed by atoms with E-state index in [1.807, 2.05) is 94.5 Å². The third-order valence-corrected chi connectivity index (χ3v) is 10.6. The second kappa shape index (κ2) is 17.0. The minimum Gasteiger partial charge on any atom is -0.508 e. The fraction of sp³-hybridized carbons (Fsp3) is 0.227. The van der Waals surface area contributed by atoms with E-state index >= 15 is 4.79 Å². The van der Waals surface area contributed by atoms with Crippen molar-refractivity contribution < 1.29 is 19.4 Å². The Morgan fingerprint density at radius 2 is 1.42 bits per heavy atom. The Hall–Kier alpha value is -5.32. The normalized spacial score (nSPS) is 15.7. The summed E-state index contributed by atoms with van der Waals surface area (Å²) in [5.41, 5.74) is 6.19. The average Bonchev–Trinajstić information content (AvgIpc) is 3.59. The quantitative estimate of drug-likeness (QED) is 0.169. The van der Waals surface area contributed by atoms with E-state index in [2.05, 4.69) is 35.0 Å². The molecular formula is C44H45Cl2N5O4. The third-order valence-electron chi connectivity index (χ3n) is 10.6. The van der Waals surface area contributed by atoms with Crippen molar-refractivity contribution in [2.45, 2.75) is 19.0 Å². The van der Waals surface area contributed by atoms with Gasteiger partial charge in [0.25, 0.3) is 11.8 Å². The summed E-state index contributed by atoms with van der Waals surface area (Å²) >= 11 is 0. The molecule has 0 radical (unpaired) electrons. The number of benzene rings is 5. The molecule has 8 rings (SSSR count). The van der Waals surface area contributed by atoms with Crippen molar-refractivity contribution in [3.8, 4) is 17.2 Å². The van der Waals surface area contributed by atoms with Gasteiger partial charge in [0.2, 0.25) is 0 Å². The van der Waals surface area contributed by atoms with Crippen LogP contribution in [0.25, 0.3) is 16.6 Å². The van der Waals surface area contributed by atoms with E-state index in [0.717, 1.165) is 50.0 Å². The smallest absolute Gasteiger partial charge is 0.265 e. The van der Waals surface area contributed by atoms with Crippen LogP contribution in [-0.4, -0.2) is 89.1 Å². The predicted molar refractivity (Wildman–Crippen MR) is 223 cm³/mol. The summed E-state index contributed by atoms with van der Waals surface area (Å²) in [5, 5.41) is 10.8. The van der Waals surface area contributed by atoms with Gasteiger partial charge in [-0.3, -0.25) is 19.4 Å². The van der Waals surface area contributed by atoms with Crippen LogP contribution in [0, 0.1) is 0 Å². The van der Waals surface area contributed by atoms with Crippen LogP contribution in [0.15, 0.2) is 128 Å². The van der Waals surface area contributed by atoms with Gasteiger partial charge in [-0.2, -0.15) is 0 Å². The molecule has 0 bridgehead atoms. The highest BCUT2D eigenvalue weighted by Gasteiger charge is 2.34. The first-order chi connectivity index (χ1) is 25.9. The molecule has 11 heteroatoms. The molecule has 6 aromatic rings. The van der Waals surface area contributed by atoms with Gasteiger partial charge >= 0.3 is 0 Å². The highest BCUT2D eigenvalue weighted by atomic mass is 35.5. The van der Waals surface area contributed by atoms with Gasteiger partial charge in [0, 0.05) is 74.3 Å². The molecule has 1 atom stereocenters. The molecule has 2 aliphatic heterocycles. The van der Waals surface area contributed by atoms with Gasteiger partial charge in [0.05, 0.1) is 29.4 Å². The van der Waals surface area contributed by atoms with Crippen LogP contribution in [0.1, 0.15) is 31.8 Å². The number of para-hydroxylation sites is 2. The molecule has 55 heavy (non-hydrogen) atoms. The highest BCUT2D eigenvalue weighted by molar-refractivity contribution is 6.17. The number of fused-ring (bicyclic) bond motifs is 2. The number of hydrogen-bond acceptors (Lipinski definition) is 6. The van der Waals surface area contributed by atoms with Crippen molar-refractivity contribution in [3.63, 3.8) is 0 Å². The van der Waals surface area contributed by atoms with Crippen LogP contribution in [0.4, 0.5) is 11.4 Å². The number of piperazine rings is 1. The number of likely N-dealkylation sites (N-methyl/N-ethyl adjacent to an activating group) is 1. The molecule has 5 aromatic carbocycles. The summed E-state index contributed by atoms with van der Waals surface area (Å²) in [6.07, 6.45) is 2.62. The van der Waals surface area contributed by atoms with E-state index < -0.39 is 0 Å². The standard InChI is InChI=1S/C44H43N5O4.2ClH/c1-45-22-24-46(25-23-45)29-35-26-31-10-6-7-11-32(31)28-47(35)43(51)39-21-20-37(53-2)27-42(39)48-30-40(38-14-8-9-15-41(38)48)44(52)49(33-12-4-3-5-13-33)34-16-18-36(50)19-17-34;;/h3-21,27,30,35,50H,22-26,28-29H2,1-2H3;2*1H/t35-;;/m0../s1. The molecule has 0 spiro atoms. The first-order valence-corrected chi connectivity index (χ1v) is 18.1. The van der Waals surface area contributed by atoms with Crippen LogP contribution < -0.4 is 9.64 Å². The number of anilines is 2. The van der Waals surface area contributed by atoms with Gasteiger partial charge in [-0.15, -0.1) is 24.8 Å². The Labute approximate surface area is 334 Å². The number of carbonyl (C=O) groups excluding carboxylic acids is 2. The Kier molecular flexibility index (Phi) is 12.2. The number of rotatable bonds is 8. The highest BCUT2D eigenvalue weighted by Crippen LogP contribution is 2.35. The van der Waals surface area contributed by atoms with Crippen molar-refractivity contribution in [2.24, 2.45) is 0 Å². The minimum absolute atomic E-state index is 0. The second-order valence-electron chi connectivity index (χ2n) is 14.0. The maximum atomic E-state index is 15.0. The van der Waals surface area contributed by atoms with E-state index in [0.29, 0.717) is 40.5 Å². The molecule has 2 amide bonds. The number of phenolic OH excluding ortho intramolecular Hbond substituents is 1. The molecule has 0 saturated carbocycles. The van der Waals surface area contributed by atoms with E-state index in [-0.39, 0.29) is 48.4 Å². The fourth-order valence-corrected chi connectivity index (χ4v) is 7.72. The van der Waals surface area contributed by atoms with E-state index in [9.17, 15) is 9.90 Å². The lowest BCUT2D eigenvalue weighted by Crippen LogP contribution is -2.53. The monoisotopic (exact) mass is 777 g/mol. The summed E-state index contributed by atoms with van der Waals surface area (Å²) in [5.74, 6) is 0.420. The molecule has 0 aliphatic carbocycles. The van der Waals surface area contributed by atoms with Crippen LogP contribution >= 0.6 is 24.8 Å².